The van der Waals surface area contributed by atoms with E-state index in [1.54, 1.807) is 0 Å². The number of piperidine rings is 1. The van der Waals surface area contributed by atoms with E-state index in [0.29, 0.717) is 12.6 Å². The van der Waals surface area contributed by atoms with E-state index in [4.69, 9.17) is 0 Å². The number of carbonyl (C=O) groups is 1. The van der Waals surface area contributed by atoms with E-state index in [0.717, 1.165) is 37.7 Å². The molecule has 2 unspecified atom stereocenters. The molecule has 4 rings (SSSR count). The molecule has 2 bridgehead atoms. The summed E-state index contributed by atoms with van der Waals surface area (Å²) in [5, 5.41) is 3.06. The van der Waals surface area contributed by atoms with E-state index < -0.39 is 0 Å². The second-order valence-corrected chi connectivity index (χ2v) is 7.27. The fourth-order valence-corrected chi connectivity index (χ4v) is 4.24. The third-order valence-corrected chi connectivity index (χ3v) is 5.58. The Morgan fingerprint density at radius 3 is 2.88 bits per heavy atom. The highest BCUT2D eigenvalue weighted by Crippen LogP contribution is 2.37. The number of amides is 2. The number of benzene rings is 1. The second kappa shape index (κ2) is 7.30. The van der Waals surface area contributed by atoms with Gasteiger partial charge >= 0.3 is 6.03 Å². The summed E-state index contributed by atoms with van der Waals surface area (Å²) in [6.07, 6.45) is 9.61. The van der Waals surface area contributed by atoms with Crippen LogP contribution in [-0.4, -0.2) is 33.1 Å². The lowest BCUT2D eigenvalue weighted by molar-refractivity contribution is 0.180. The van der Waals surface area contributed by atoms with Crippen LogP contribution in [0.4, 0.5) is 4.79 Å². The monoisotopic (exact) mass is 338 g/mol. The van der Waals surface area contributed by atoms with Crippen LogP contribution in [0.5, 0.6) is 0 Å². The van der Waals surface area contributed by atoms with Crippen molar-refractivity contribution >= 4 is 6.03 Å². The molecule has 1 N–H and O–H groups in total. The van der Waals surface area contributed by atoms with Gasteiger partial charge < -0.3 is 14.8 Å². The minimum Gasteiger partial charge on any atom is -0.333 e. The number of hydrogen-bond acceptors (Lipinski definition) is 2. The van der Waals surface area contributed by atoms with Gasteiger partial charge in [-0.05, 0) is 43.6 Å². The molecule has 1 aromatic heterocycles. The van der Waals surface area contributed by atoms with Crippen LogP contribution in [0.2, 0.25) is 0 Å². The average molecular weight is 338 g/mol. The first-order valence-electron chi connectivity index (χ1n) is 9.38. The minimum absolute atomic E-state index is 0.0750. The molecule has 1 aromatic carbocycles. The van der Waals surface area contributed by atoms with E-state index in [1.807, 2.05) is 23.4 Å². The van der Waals surface area contributed by atoms with Crippen LogP contribution in [0.1, 0.15) is 37.1 Å². The molecular formula is C20H26N4O. The number of aryl methyl sites for hydroxylation is 2. The number of hydrogen-bond donors (Lipinski definition) is 1. The fraction of sp³-hybridized carbons (Fsp3) is 0.500. The Morgan fingerprint density at radius 2 is 2.12 bits per heavy atom. The summed E-state index contributed by atoms with van der Waals surface area (Å²) in [5.41, 5.74) is 1.36. The van der Waals surface area contributed by atoms with Gasteiger partial charge in [0, 0.05) is 31.5 Å². The zero-order valence-corrected chi connectivity index (χ0v) is 14.6. The van der Waals surface area contributed by atoms with Crippen molar-refractivity contribution in [1.29, 1.82) is 0 Å². The Balaban J connectivity index is 1.26. The van der Waals surface area contributed by atoms with E-state index in [1.165, 1.54) is 24.8 Å². The lowest BCUT2D eigenvalue weighted by Crippen LogP contribution is -2.44. The Kier molecular flexibility index (Phi) is 4.72. The smallest absolute Gasteiger partial charge is 0.318 e. The summed E-state index contributed by atoms with van der Waals surface area (Å²) in [7, 11) is 0. The van der Waals surface area contributed by atoms with Crippen LogP contribution in [0.25, 0.3) is 0 Å². The van der Waals surface area contributed by atoms with Gasteiger partial charge in [-0.15, -0.1) is 0 Å². The highest BCUT2D eigenvalue weighted by molar-refractivity contribution is 5.75. The van der Waals surface area contributed by atoms with E-state index in [2.05, 4.69) is 39.1 Å². The second-order valence-electron chi connectivity index (χ2n) is 7.27. The Labute approximate surface area is 149 Å². The van der Waals surface area contributed by atoms with Gasteiger partial charge in [-0.2, -0.15) is 0 Å². The van der Waals surface area contributed by atoms with E-state index >= 15 is 0 Å². The molecular weight excluding hydrogens is 312 g/mol. The van der Waals surface area contributed by atoms with Gasteiger partial charge in [0.1, 0.15) is 5.82 Å². The Morgan fingerprint density at radius 1 is 1.24 bits per heavy atom. The van der Waals surface area contributed by atoms with Crippen molar-refractivity contribution < 1.29 is 4.79 Å². The molecule has 2 atom stereocenters. The van der Waals surface area contributed by atoms with Crippen LogP contribution < -0.4 is 5.32 Å². The van der Waals surface area contributed by atoms with Crippen LogP contribution >= 0.6 is 0 Å². The molecule has 2 heterocycles. The molecule has 1 saturated heterocycles. The standard InChI is InChI=1S/C20H26N4O/c25-20(24-15-17-8-9-18(24)13-17)22-14-19-21-10-12-23(19)11-4-7-16-5-2-1-3-6-16/h1-3,5-6,10,12,17-18H,4,7-9,11,13-15H2,(H,22,25). The molecule has 2 aromatic rings. The molecule has 2 fully saturated rings. The summed E-state index contributed by atoms with van der Waals surface area (Å²) in [5.74, 6) is 1.67. The number of carbonyl (C=O) groups excluding carboxylic acids is 1. The lowest BCUT2D eigenvalue weighted by Gasteiger charge is -2.27. The highest BCUT2D eigenvalue weighted by Gasteiger charge is 2.40. The number of fused-ring (bicyclic) bond motifs is 2. The third kappa shape index (κ3) is 3.70. The van der Waals surface area contributed by atoms with Crippen molar-refractivity contribution in [1.82, 2.24) is 19.8 Å². The zero-order chi connectivity index (χ0) is 17.1. The average Bonchev–Trinajstić information content (AvgIpc) is 3.37. The van der Waals surface area contributed by atoms with Crippen molar-refractivity contribution in [2.75, 3.05) is 6.54 Å². The van der Waals surface area contributed by atoms with Crippen molar-refractivity contribution in [3.8, 4) is 0 Å². The molecule has 0 radical (unpaired) electrons. The van der Waals surface area contributed by atoms with Crippen LogP contribution in [0.3, 0.4) is 0 Å². The molecule has 2 amide bonds. The van der Waals surface area contributed by atoms with E-state index in [-0.39, 0.29) is 6.03 Å². The van der Waals surface area contributed by atoms with Gasteiger partial charge in [0.05, 0.1) is 6.54 Å². The maximum absolute atomic E-state index is 12.4. The van der Waals surface area contributed by atoms with Gasteiger partial charge in [-0.3, -0.25) is 0 Å². The number of nitrogens with one attached hydrogen (secondary N) is 1. The fourth-order valence-electron chi connectivity index (χ4n) is 4.24. The lowest BCUT2D eigenvalue weighted by atomic mass is 10.1. The maximum atomic E-state index is 12.4. The Hall–Kier alpha value is -2.30. The van der Waals surface area contributed by atoms with E-state index in [9.17, 15) is 4.79 Å². The number of imidazole rings is 1. The zero-order valence-electron chi connectivity index (χ0n) is 14.6. The normalized spacial score (nSPS) is 21.7. The predicted molar refractivity (Wildman–Crippen MR) is 97.1 cm³/mol. The van der Waals surface area contributed by atoms with Gasteiger partial charge in [0.2, 0.25) is 0 Å². The molecule has 5 heteroatoms. The van der Waals surface area contributed by atoms with Gasteiger partial charge in [0.25, 0.3) is 0 Å². The van der Waals surface area contributed by atoms with Gasteiger partial charge in [-0.1, -0.05) is 30.3 Å². The van der Waals surface area contributed by atoms with Crippen molar-refractivity contribution in [2.45, 2.75) is 51.2 Å². The number of urea groups is 1. The van der Waals surface area contributed by atoms with Crippen molar-refractivity contribution in [2.24, 2.45) is 5.92 Å². The summed E-state index contributed by atoms with van der Waals surface area (Å²) in [4.78, 5) is 18.9. The quantitative estimate of drug-likeness (QED) is 0.879. The van der Waals surface area contributed by atoms with Crippen LogP contribution in [-0.2, 0) is 19.5 Å². The molecule has 1 aliphatic carbocycles. The molecule has 1 aliphatic heterocycles. The first-order chi connectivity index (χ1) is 12.3. The first kappa shape index (κ1) is 16.2. The first-order valence-corrected chi connectivity index (χ1v) is 9.38. The SMILES string of the molecule is O=C(NCc1nccn1CCCc1ccccc1)N1CC2CCC1C2. The van der Waals surface area contributed by atoms with Gasteiger partial charge in [-0.25, -0.2) is 9.78 Å². The van der Waals surface area contributed by atoms with Crippen molar-refractivity contribution in [3.05, 3.63) is 54.1 Å². The van der Waals surface area contributed by atoms with Gasteiger partial charge in [0.15, 0.2) is 0 Å². The number of aromatic nitrogens is 2. The summed E-state index contributed by atoms with van der Waals surface area (Å²) >= 11 is 0. The van der Waals surface area contributed by atoms with Crippen LogP contribution in [0, 0.1) is 5.92 Å². The Bertz CT molecular complexity index is 711. The largest absolute Gasteiger partial charge is 0.333 e. The molecule has 2 aliphatic rings. The molecule has 132 valence electrons. The number of nitrogens with zero attached hydrogens (tertiary/aromatic N) is 3. The number of rotatable bonds is 6. The minimum atomic E-state index is 0.0750. The van der Waals surface area contributed by atoms with Crippen molar-refractivity contribution in [3.63, 3.8) is 0 Å². The summed E-state index contributed by atoms with van der Waals surface area (Å²) in [6, 6.07) is 11.1. The summed E-state index contributed by atoms with van der Waals surface area (Å²) < 4.78 is 2.15. The molecule has 1 saturated carbocycles. The molecule has 0 spiro atoms. The predicted octanol–water partition coefficient (Wildman–Crippen LogP) is 3.21. The topological polar surface area (TPSA) is 50.2 Å². The maximum Gasteiger partial charge on any atom is 0.318 e. The third-order valence-electron chi connectivity index (χ3n) is 5.58. The molecule has 5 nitrogen and oxygen atoms in total. The number of likely N-dealkylation sites (tertiary alicyclic amines) is 1. The molecule has 25 heavy (non-hydrogen) atoms. The van der Waals surface area contributed by atoms with Crippen LogP contribution in [0.15, 0.2) is 42.7 Å². The summed E-state index contributed by atoms with van der Waals surface area (Å²) in [6.45, 7) is 2.36. The highest BCUT2D eigenvalue weighted by atomic mass is 16.2.